The van der Waals surface area contributed by atoms with Gasteiger partial charge in [-0.2, -0.15) is 0 Å². The van der Waals surface area contributed by atoms with Crippen LogP contribution in [0.2, 0.25) is 0 Å². The summed E-state index contributed by atoms with van der Waals surface area (Å²) in [4.78, 5) is 2.64. The van der Waals surface area contributed by atoms with E-state index in [1.54, 1.807) is 0 Å². The fraction of sp³-hybridized carbons (Fsp3) is 0.625. The lowest BCUT2D eigenvalue weighted by molar-refractivity contribution is 0.170. The van der Waals surface area contributed by atoms with Gasteiger partial charge in [-0.3, -0.25) is 4.90 Å². The number of benzene rings is 1. The molecule has 2 unspecified atom stereocenters. The van der Waals surface area contributed by atoms with Crippen LogP contribution in [-0.2, 0) is 6.54 Å². The molecule has 3 aliphatic heterocycles. The van der Waals surface area contributed by atoms with E-state index in [4.69, 9.17) is 9.47 Å². The molecule has 4 nitrogen and oxygen atoms in total. The van der Waals surface area contributed by atoms with Gasteiger partial charge in [-0.25, -0.2) is 0 Å². The number of hydrogen-bond acceptors (Lipinski definition) is 4. The van der Waals surface area contributed by atoms with Gasteiger partial charge < -0.3 is 14.8 Å². The van der Waals surface area contributed by atoms with E-state index in [2.05, 4.69) is 38.3 Å². The van der Waals surface area contributed by atoms with Gasteiger partial charge in [0.25, 0.3) is 0 Å². The highest BCUT2D eigenvalue weighted by Gasteiger charge is 2.36. The van der Waals surface area contributed by atoms with E-state index < -0.39 is 0 Å². The SMILES string of the molecule is Brc1cc(CNC2CCN3CCCC23)cc2c1OCCO2. The minimum Gasteiger partial charge on any atom is -0.486 e. The summed E-state index contributed by atoms with van der Waals surface area (Å²) in [5.41, 5.74) is 1.25. The first-order valence-electron chi connectivity index (χ1n) is 7.87. The Bertz CT molecular complexity index is 537. The minimum absolute atomic E-state index is 0.628. The molecule has 0 aromatic heterocycles. The average Bonchev–Trinajstić information content (AvgIpc) is 3.09. The number of fused-ring (bicyclic) bond motifs is 2. The van der Waals surface area contributed by atoms with Crippen LogP contribution >= 0.6 is 15.9 Å². The Kier molecular flexibility index (Phi) is 3.81. The Balaban J connectivity index is 1.44. The van der Waals surface area contributed by atoms with Crippen molar-refractivity contribution in [2.45, 2.75) is 37.9 Å². The van der Waals surface area contributed by atoms with Gasteiger partial charge in [0, 0.05) is 25.2 Å². The zero-order chi connectivity index (χ0) is 14.2. The van der Waals surface area contributed by atoms with Crippen LogP contribution in [0, 0.1) is 0 Å². The molecule has 1 N–H and O–H groups in total. The molecular weight excluding hydrogens is 332 g/mol. The Morgan fingerprint density at radius 1 is 1.19 bits per heavy atom. The summed E-state index contributed by atoms with van der Waals surface area (Å²) in [5, 5.41) is 3.74. The molecule has 3 heterocycles. The van der Waals surface area contributed by atoms with E-state index in [9.17, 15) is 0 Å². The first-order chi connectivity index (χ1) is 10.3. The van der Waals surface area contributed by atoms with Crippen LogP contribution in [0.1, 0.15) is 24.8 Å². The van der Waals surface area contributed by atoms with Crippen LogP contribution in [0.15, 0.2) is 16.6 Å². The summed E-state index contributed by atoms with van der Waals surface area (Å²) in [7, 11) is 0. The molecule has 114 valence electrons. The molecule has 4 rings (SSSR count). The molecule has 0 radical (unpaired) electrons. The van der Waals surface area contributed by atoms with E-state index in [0.717, 1.165) is 28.6 Å². The van der Waals surface area contributed by atoms with Crippen LogP contribution in [0.25, 0.3) is 0 Å². The van der Waals surface area contributed by atoms with Crippen molar-refractivity contribution in [3.8, 4) is 11.5 Å². The maximum Gasteiger partial charge on any atom is 0.175 e. The number of rotatable bonds is 3. The van der Waals surface area contributed by atoms with Crippen molar-refractivity contribution < 1.29 is 9.47 Å². The summed E-state index contributed by atoms with van der Waals surface area (Å²) >= 11 is 3.59. The van der Waals surface area contributed by atoms with Gasteiger partial charge in [0.15, 0.2) is 11.5 Å². The van der Waals surface area contributed by atoms with Crippen molar-refractivity contribution in [3.05, 3.63) is 22.2 Å². The van der Waals surface area contributed by atoms with Gasteiger partial charge >= 0.3 is 0 Å². The first kappa shape index (κ1) is 13.9. The fourth-order valence-electron chi connectivity index (χ4n) is 3.84. The average molecular weight is 353 g/mol. The minimum atomic E-state index is 0.628. The van der Waals surface area contributed by atoms with E-state index in [0.29, 0.717) is 19.3 Å². The van der Waals surface area contributed by atoms with Crippen LogP contribution in [0.3, 0.4) is 0 Å². The molecule has 0 aliphatic carbocycles. The van der Waals surface area contributed by atoms with Crippen LogP contribution in [-0.4, -0.2) is 43.3 Å². The highest BCUT2D eigenvalue weighted by atomic mass is 79.9. The van der Waals surface area contributed by atoms with Gasteiger partial charge in [0.05, 0.1) is 4.47 Å². The van der Waals surface area contributed by atoms with Gasteiger partial charge in [0.1, 0.15) is 13.2 Å². The molecule has 2 saturated heterocycles. The summed E-state index contributed by atoms with van der Waals surface area (Å²) in [5.74, 6) is 1.70. The Hall–Kier alpha value is -0.780. The van der Waals surface area contributed by atoms with E-state index in [1.807, 2.05) is 0 Å². The molecule has 0 saturated carbocycles. The third-order valence-corrected chi connectivity index (χ3v) is 5.42. The molecule has 21 heavy (non-hydrogen) atoms. The fourth-order valence-corrected chi connectivity index (χ4v) is 4.44. The molecule has 0 spiro atoms. The Morgan fingerprint density at radius 2 is 2.10 bits per heavy atom. The van der Waals surface area contributed by atoms with E-state index in [-0.39, 0.29) is 0 Å². The molecule has 0 bridgehead atoms. The Morgan fingerprint density at radius 3 is 3.05 bits per heavy atom. The second-order valence-corrected chi connectivity index (χ2v) is 6.98. The number of nitrogens with zero attached hydrogens (tertiary/aromatic N) is 1. The van der Waals surface area contributed by atoms with Crippen molar-refractivity contribution >= 4 is 15.9 Å². The maximum absolute atomic E-state index is 5.70. The molecule has 0 amide bonds. The van der Waals surface area contributed by atoms with Crippen molar-refractivity contribution in [2.75, 3.05) is 26.3 Å². The lowest BCUT2D eigenvalue weighted by atomic mass is 10.1. The number of halogens is 1. The van der Waals surface area contributed by atoms with Crippen LogP contribution in [0.5, 0.6) is 11.5 Å². The van der Waals surface area contributed by atoms with Gasteiger partial charge in [-0.1, -0.05) is 0 Å². The summed E-state index contributed by atoms with van der Waals surface area (Å²) in [6.45, 7) is 4.70. The Labute approximate surface area is 133 Å². The van der Waals surface area contributed by atoms with Gasteiger partial charge in [-0.05, 0) is 59.4 Å². The molecule has 2 atom stereocenters. The van der Waals surface area contributed by atoms with E-state index >= 15 is 0 Å². The van der Waals surface area contributed by atoms with Crippen molar-refractivity contribution in [2.24, 2.45) is 0 Å². The van der Waals surface area contributed by atoms with E-state index in [1.165, 1.54) is 37.9 Å². The predicted octanol–water partition coefficient (Wildman–Crippen LogP) is 2.55. The largest absolute Gasteiger partial charge is 0.486 e. The second kappa shape index (κ2) is 5.78. The standard InChI is InChI=1S/C16H21BrN2O2/c17-12-8-11(9-15-16(12)21-7-6-20-15)10-18-13-3-5-19-4-1-2-14(13)19/h8-9,13-14,18H,1-7,10H2. The number of nitrogens with one attached hydrogen (secondary N) is 1. The summed E-state index contributed by atoms with van der Waals surface area (Å²) in [6, 6.07) is 5.64. The third-order valence-electron chi connectivity index (χ3n) is 4.83. The van der Waals surface area contributed by atoms with Crippen LogP contribution in [0.4, 0.5) is 0 Å². The second-order valence-electron chi connectivity index (χ2n) is 6.12. The number of ether oxygens (including phenoxy) is 2. The zero-order valence-electron chi connectivity index (χ0n) is 12.1. The van der Waals surface area contributed by atoms with Crippen molar-refractivity contribution in [1.29, 1.82) is 0 Å². The quantitative estimate of drug-likeness (QED) is 0.906. The molecule has 1 aromatic rings. The maximum atomic E-state index is 5.70. The lowest BCUT2D eigenvalue weighted by Gasteiger charge is -2.23. The molecule has 2 fully saturated rings. The monoisotopic (exact) mass is 352 g/mol. The summed E-state index contributed by atoms with van der Waals surface area (Å²) in [6.07, 6.45) is 3.98. The van der Waals surface area contributed by atoms with Crippen molar-refractivity contribution in [1.82, 2.24) is 10.2 Å². The lowest BCUT2D eigenvalue weighted by Crippen LogP contribution is -2.38. The normalized spacial score (nSPS) is 27.9. The third kappa shape index (κ3) is 2.67. The highest BCUT2D eigenvalue weighted by molar-refractivity contribution is 9.10. The molecule has 3 aliphatic rings. The van der Waals surface area contributed by atoms with Gasteiger partial charge in [0.2, 0.25) is 0 Å². The predicted molar refractivity (Wildman–Crippen MR) is 85.0 cm³/mol. The molecular formula is C16H21BrN2O2. The highest BCUT2D eigenvalue weighted by Crippen LogP contribution is 2.38. The van der Waals surface area contributed by atoms with Crippen LogP contribution < -0.4 is 14.8 Å². The number of hydrogen-bond donors (Lipinski definition) is 1. The smallest absolute Gasteiger partial charge is 0.175 e. The summed E-state index contributed by atoms with van der Waals surface area (Å²) < 4.78 is 12.3. The molecule has 5 heteroatoms. The first-order valence-corrected chi connectivity index (χ1v) is 8.66. The topological polar surface area (TPSA) is 33.7 Å². The van der Waals surface area contributed by atoms with Crippen molar-refractivity contribution in [3.63, 3.8) is 0 Å². The van der Waals surface area contributed by atoms with Gasteiger partial charge in [-0.15, -0.1) is 0 Å². The zero-order valence-corrected chi connectivity index (χ0v) is 13.7. The molecule has 1 aromatic carbocycles.